The molecule has 8 heteroatoms. The van der Waals surface area contributed by atoms with Crippen LogP contribution in [0, 0.1) is 0 Å². The zero-order chi connectivity index (χ0) is 16.0. The highest BCUT2D eigenvalue weighted by molar-refractivity contribution is 5.94. The van der Waals surface area contributed by atoms with Gasteiger partial charge in [-0.3, -0.25) is 0 Å². The van der Waals surface area contributed by atoms with Gasteiger partial charge in [0.2, 0.25) is 0 Å². The molecule has 0 bridgehead atoms. The number of nitrogens with one attached hydrogen (secondary N) is 1. The molecule has 21 heavy (non-hydrogen) atoms. The van der Waals surface area contributed by atoms with E-state index < -0.39 is 29.3 Å². The second-order valence-electron chi connectivity index (χ2n) is 4.37. The van der Waals surface area contributed by atoms with Crippen LogP contribution in [0.5, 0.6) is 0 Å². The number of hydrogen-bond donors (Lipinski definition) is 3. The van der Waals surface area contributed by atoms with Gasteiger partial charge in [-0.25, -0.2) is 4.79 Å². The molecule has 1 aromatic rings. The molecular weight excluding hydrogens is 291 g/mol. The van der Waals surface area contributed by atoms with E-state index in [0.717, 1.165) is 12.1 Å². The maximum atomic E-state index is 12.6. The monoisotopic (exact) mass is 307 g/mol. The van der Waals surface area contributed by atoms with Crippen molar-refractivity contribution in [3.63, 3.8) is 0 Å². The van der Waals surface area contributed by atoms with Crippen LogP contribution in [0.4, 0.5) is 18.9 Å². The Labute approximate surface area is 119 Å². The molecule has 0 aromatic heterocycles. The van der Waals surface area contributed by atoms with Crippen LogP contribution in [0.1, 0.15) is 22.3 Å². The predicted octanol–water partition coefficient (Wildman–Crippen LogP) is 2.21. The van der Waals surface area contributed by atoms with E-state index in [2.05, 4.69) is 5.32 Å². The third-order valence-electron chi connectivity index (χ3n) is 2.78. The Bertz CT molecular complexity index is 485. The molecule has 0 aliphatic heterocycles. The molecule has 0 fully saturated rings. The quantitative estimate of drug-likeness (QED) is 0.720. The maximum Gasteiger partial charge on any atom is 0.416 e. The first-order valence-corrected chi connectivity index (χ1v) is 6.10. The molecule has 1 aromatic carbocycles. The zero-order valence-electron chi connectivity index (χ0n) is 11.3. The molecule has 3 N–H and O–H groups in total. The second-order valence-corrected chi connectivity index (χ2v) is 4.37. The van der Waals surface area contributed by atoms with E-state index in [-0.39, 0.29) is 25.3 Å². The Morgan fingerprint density at radius 3 is 2.57 bits per heavy atom. The van der Waals surface area contributed by atoms with Gasteiger partial charge in [-0.2, -0.15) is 13.2 Å². The van der Waals surface area contributed by atoms with Crippen LogP contribution in [0.15, 0.2) is 18.2 Å². The summed E-state index contributed by atoms with van der Waals surface area (Å²) in [4.78, 5) is 11.1. The fourth-order valence-electron chi connectivity index (χ4n) is 1.80. The van der Waals surface area contributed by atoms with E-state index in [0.29, 0.717) is 6.07 Å². The van der Waals surface area contributed by atoms with Crippen LogP contribution >= 0.6 is 0 Å². The summed E-state index contributed by atoms with van der Waals surface area (Å²) in [7, 11) is 1.43. The number of rotatable bonds is 7. The van der Waals surface area contributed by atoms with Crippen molar-refractivity contribution in [2.45, 2.75) is 18.6 Å². The molecule has 0 aliphatic carbocycles. The maximum absolute atomic E-state index is 12.6. The summed E-state index contributed by atoms with van der Waals surface area (Å²) < 4.78 is 42.7. The molecule has 118 valence electrons. The number of halogens is 3. The van der Waals surface area contributed by atoms with Gasteiger partial charge in [0, 0.05) is 19.4 Å². The first kappa shape index (κ1) is 17.3. The minimum atomic E-state index is -4.61. The molecule has 0 aliphatic rings. The van der Waals surface area contributed by atoms with Gasteiger partial charge < -0.3 is 20.3 Å². The number of hydrogen-bond acceptors (Lipinski definition) is 4. The molecular formula is C13H16F3NO4. The number of anilines is 1. The number of carboxylic acids is 1. The smallest absolute Gasteiger partial charge is 0.416 e. The van der Waals surface area contributed by atoms with E-state index in [1.165, 1.54) is 7.11 Å². The van der Waals surface area contributed by atoms with Crippen molar-refractivity contribution in [2.75, 3.05) is 25.6 Å². The van der Waals surface area contributed by atoms with E-state index in [4.69, 9.17) is 14.9 Å². The first-order valence-electron chi connectivity index (χ1n) is 6.10. The number of carbonyl (C=O) groups is 1. The normalized spacial score (nSPS) is 13.0. The van der Waals surface area contributed by atoms with Crippen LogP contribution in [-0.4, -0.2) is 42.5 Å². The van der Waals surface area contributed by atoms with Crippen molar-refractivity contribution in [2.24, 2.45) is 0 Å². The van der Waals surface area contributed by atoms with Crippen LogP contribution in [0.2, 0.25) is 0 Å². The summed E-state index contributed by atoms with van der Waals surface area (Å²) in [5, 5.41) is 20.7. The molecule has 1 rings (SSSR count). The molecule has 0 heterocycles. The Morgan fingerprint density at radius 2 is 2.10 bits per heavy atom. The lowest BCUT2D eigenvalue weighted by Gasteiger charge is -2.20. The molecule has 0 saturated carbocycles. The van der Waals surface area contributed by atoms with E-state index >= 15 is 0 Å². The van der Waals surface area contributed by atoms with Gasteiger partial charge in [0.15, 0.2) is 0 Å². The number of aromatic carboxylic acids is 1. The van der Waals surface area contributed by atoms with Gasteiger partial charge >= 0.3 is 12.1 Å². The van der Waals surface area contributed by atoms with Crippen molar-refractivity contribution in [3.05, 3.63) is 29.3 Å². The molecule has 1 unspecified atom stereocenters. The van der Waals surface area contributed by atoms with Crippen molar-refractivity contribution in [3.8, 4) is 0 Å². The van der Waals surface area contributed by atoms with Crippen molar-refractivity contribution in [1.82, 2.24) is 0 Å². The lowest BCUT2D eigenvalue weighted by Crippen LogP contribution is -2.27. The van der Waals surface area contributed by atoms with Gasteiger partial charge in [0.25, 0.3) is 0 Å². The molecule has 0 spiro atoms. The van der Waals surface area contributed by atoms with Gasteiger partial charge in [0.05, 0.1) is 23.8 Å². The summed E-state index contributed by atoms with van der Waals surface area (Å²) in [5.74, 6) is -1.47. The third kappa shape index (κ3) is 4.91. The molecule has 0 saturated heterocycles. The Balaban J connectivity index is 3.08. The number of benzene rings is 1. The zero-order valence-corrected chi connectivity index (χ0v) is 11.3. The number of aliphatic hydroxyl groups is 1. The van der Waals surface area contributed by atoms with Crippen LogP contribution < -0.4 is 5.32 Å². The minimum Gasteiger partial charge on any atom is -0.478 e. The fraction of sp³-hybridized carbons (Fsp3) is 0.462. The highest BCUT2D eigenvalue weighted by Gasteiger charge is 2.32. The van der Waals surface area contributed by atoms with Crippen molar-refractivity contribution < 1.29 is 32.9 Å². The average molecular weight is 307 g/mol. The van der Waals surface area contributed by atoms with Crippen molar-refractivity contribution >= 4 is 11.7 Å². The Morgan fingerprint density at radius 1 is 1.43 bits per heavy atom. The number of aliphatic hydroxyl groups excluding tert-OH is 1. The highest BCUT2D eigenvalue weighted by Crippen LogP contribution is 2.32. The Kier molecular flexibility index (Phi) is 5.98. The molecule has 5 nitrogen and oxygen atoms in total. The van der Waals surface area contributed by atoms with Crippen LogP contribution in [-0.2, 0) is 10.9 Å². The number of alkyl halides is 3. The standard InChI is InChI=1S/C13H16F3NO4/c1-21-7-9(4-5-18)17-11-3-2-8(13(14,15)16)6-10(11)12(19)20/h2-3,6,9,17-18H,4-5,7H2,1H3,(H,19,20). The lowest BCUT2D eigenvalue weighted by molar-refractivity contribution is -0.137. The average Bonchev–Trinajstić information content (AvgIpc) is 2.38. The van der Waals surface area contributed by atoms with Crippen molar-refractivity contribution in [1.29, 1.82) is 0 Å². The lowest BCUT2D eigenvalue weighted by atomic mass is 10.1. The Hall–Kier alpha value is -1.80. The summed E-state index contributed by atoms with van der Waals surface area (Å²) in [5.41, 5.74) is -1.47. The highest BCUT2D eigenvalue weighted by atomic mass is 19.4. The van der Waals surface area contributed by atoms with E-state index in [9.17, 15) is 18.0 Å². The largest absolute Gasteiger partial charge is 0.478 e. The number of ether oxygens (including phenoxy) is 1. The summed E-state index contributed by atoms with van der Waals surface area (Å²) in [6, 6.07) is 2.03. The van der Waals surface area contributed by atoms with Gasteiger partial charge in [-0.1, -0.05) is 0 Å². The minimum absolute atomic E-state index is 0.0472. The van der Waals surface area contributed by atoms with Gasteiger partial charge in [0.1, 0.15) is 0 Å². The first-order chi connectivity index (χ1) is 9.79. The summed E-state index contributed by atoms with van der Waals surface area (Å²) >= 11 is 0. The fourth-order valence-corrected chi connectivity index (χ4v) is 1.80. The van der Waals surface area contributed by atoms with Crippen LogP contribution in [0.3, 0.4) is 0 Å². The summed E-state index contributed by atoms with van der Waals surface area (Å²) in [6.45, 7) is 0.0186. The molecule has 1 atom stereocenters. The number of carboxylic acid groups (broad SMARTS) is 1. The SMILES string of the molecule is COCC(CCO)Nc1ccc(C(F)(F)F)cc1C(=O)O. The third-order valence-corrected chi connectivity index (χ3v) is 2.78. The van der Waals surface area contributed by atoms with Gasteiger partial charge in [-0.05, 0) is 24.6 Å². The molecule has 0 radical (unpaired) electrons. The predicted molar refractivity (Wildman–Crippen MR) is 69.4 cm³/mol. The van der Waals surface area contributed by atoms with Gasteiger partial charge in [-0.15, -0.1) is 0 Å². The topological polar surface area (TPSA) is 78.8 Å². The van der Waals surface area contributed by atoms with Crippen LogP contribution in [0.25, 0.3) is 0 Å². The second kappa shape index (κ2) is 7.28. The van der Waals surface area contributed by atoms with E-state index in [1.54, 1.807) is 0 Å². The van der Waals surface area contributed by atoms with E-state index in [1.807, 2.05) is 0 Å². The number of methoxy groups -OCH3 is 1. The molecule has 0 amide bonds. The summed E-state index contributed by atoms with van der Waals surface area (Å²) in [6.07, 6.45) is -4.34.